The largest absolute Gasteiger partial charge is 0.356 e. The summed E-state index contributed by atoms with van der Waals surface area (Å²) in [5.41, 5.74) is 0.330. The Morgan fingerprint density at radius 3 is 2.42 bits per heavy atom. The van der Waals surface area contributed by atoms with Crippen LogP contribution in [0, 0.1) is 11.3 Å². The van der Waals surface area contributed by atoms with Crippen LogP contribution in [-0.2, 0) is 4.79 Å². The molecule has 1 fully saturated rings. The summed E-state index contributed by atoms with van der Waals surface area (Å²) >= 11 is 0. The molecule has 0 aromatic rings. The van der Waals surface area contributed by atoms with E-state index in [4.69, 9.17) is 0 Å². The monoisotopic (exact) mass is 169 g/mol. The first-order valence-electron chi connectivity index (χ1n) is 4.77. The van der Waals surface area contributed by atoms with Crippen molar-refractivity contribution in [2.75, 3.05) is 6.54 Å². The van der Waals surface area contributed by atoms with Crippen LogP contribution in [0.1, 0.15) is 40.0 Å². The van der Waals surface area contributed by atoms with Crippen molar-refractivity contribution in [1.82, 2.24) is 5.32 Å². The van der Waals surface area contributed by atoms with Gasteiger partial charge in [0.15, 0.2) is 0 Å². The third-order valence-electron chi connectivity index (χ3n) is 2.12. The molecule has 0 aromatic carbocycles. The van der Waals surface area contributed by atoms with Gasteiger partial charge < -0.3 is 5.32 Å². The Morgan fingerprint density at radius 2 is 2.00 bits per heavy atom. The molecule has 1 aliphatic rings. The van der Waals surface area contributed by atoms with E-state index in [1.165, 1.54) is 0 Å². The maximum Gasteiger partial charge on any atom is 0.223 e. The second-order valence-electron chi connectivity index (χ2n) is 4.88. The van der Waals surface area contributed by atoms with Crippen molar-refractivity contribution in [3.05, 3.63) is 0 Å². The molecular formula is C10H19NO. The van der Waals surface area contributed by atoms with Gasteiger partial charge in [-0.3, -0.25) is 4.79 Å². The number of amides is 1. The van der Waals surface area contributed by atoms with Gasteiger partial charge in [0.2, 0.25) is 5.91 Å². The smallest absolute Gasteiger partial charge is 0.223 e. The zero-order valence-electron chi connectivity index (χ0n) is 8.31. The molecule has 0 bridgehead atoms. The molecule has 0 heterocycles. The van der Waals surface area contributed by atoms with Crippen molar-refractivity contribution in [2.45, 2.75) is 40.0 Å². The summed E-state index contributed by atoms with van der Waals surface area (Å²) in [7, 11) is 0. The SMILES string of the molecule is CC(C)(C)CCNC(=O)C1CC1. The van der Waals surface area contributed by atoms with Crippen LogP contribution in [0.4, 0.5) is 0 Å². The minimum atomic E-state index is 0.263. The molecule has 1 amide bonds. The highest BCUT2D eigenvalue weighted by atomic mass is 16.2. The topological polar surface area (TPSA) is 29.1 Å². The van der Waals surface area contributed by atoms with Crippen LogP contribution >= 0.6 is 0 Å². The highest BCUT2D eigenvalue weighted by Gasteiger charge is 2.29. The van der Waals surface area contributed by atoms with E-state index in [0.717, 1.165) is 25.8 Å². The third-order valence-corrected chi connectivity index (χ3v) is 2.12. The van der Waals surface area contributed by atoms with Gasteiger partial charge in [0.05, 0.1) is 0 Å². The van der Waals surface area contributed by atoms with Crippen molar-refractivity contribution in [3.63, 3.8) is 0 Å². The van der Waals surface area contributed by atoms with Gasteiger partial charge in [-0.2, -0.15) is 0 Å². The van der Waals surface area contributed by atoms with Crippen molar-refractivity contribution in [1.29, 1.82) is 0 Å². The summed E-state index contributed by atoms with van der Waals surface area (Å²) in [5, 5.41) is 2.96. The van der Waals surface area contributed by atoms with Crippen molar-refractivity contribution in [2.24, 2.45) is 11.3 Å². The van der Waals surface area contributed by atoms with Crippen LogP contribution in [0.2, 0.25) is 0 Å². The molecule has 12 heavy (non-hydrogen) atoms. The second-order valence-corrected chi connectivity index (χ2v) is 4.88. The Balaban J connectivity index is 2.05. The fraction of sp³-hybridized carbons (Fsp3) is 0.900. The molecule has 2 nitrogen and oxygen atoms in total. The normalized spacial score (nSPS) is 17.6. The highest BCUT2D eigenvalue weighted by molar-refractivity contribution is 5.80. The van der Waals surface area contributed by atoms with Gasteiger partial charge in [-0.05, 0) is 24.7 Å². The predicted octanol–water partition coefficient (Wildman–Crippen LogP) is 1.95. The molecule has 0 atom stereocenters. The minimum Gasteiger partial charge on any atom is -0.356 e. The summed E-state index contributed by atoms with van der Waals surface area (Å²) in [6.45, 7) is 7.40. The first-order valence-corrected chi connectivity index (χ1v) is 4.77. The van der Waals surface area contributed by atoms with E-state index < -0.39 is 0 Å². The first kappa shape index (κ1) is 9.56. The fourth-order valence-corrected chi connectivity index (χ4v) is 1.05. The number of nitrogens with one attached hydrogen (secondary N) is 1. The van der Waals surface area contributed by atoms with Gasteiger partial charge in [0.1, 0.15) is 0 Å². The number of rotatable bonds is 3. The molecule has 0 spiro atoms. The van der Waals surface area contributed by atoms with Gasteiger partial charge >= 0.3 is 0 Å². The number of hydrogen-bond acceptors (Lipinski definition) is 1. The van der Waals surface area contributed by atoms with Gasteiger partial charge in [0.25, 0.3) is 0 Å². The van der Waals surface area contributed by atoms with Gasteiger partial charge in [-0.15, -0.1) is 0 Å². The molecular weight excluding hydrogens is 150 g/mol. The lowest BCUT2D eigenvalue weighted by atomic mass is 9.92. The van der Waals surface area contributed by atoms with E-state index in [-0.39, 0.29) is 5.91 Å². The van der Waals surface area contributed by atoms with Crippen LogP contribution in [0.5, 0.6) is 0 Å². The first-order chi connectivity index (χ1) is 5.49. The third kappa shape index (κ3) is 3.74. The Labute approximate surface area is 74.7 Å². The van der Waals surface area contributed by atoms with E-state index in [9.17, 15) is 4.79 Å². The van der Waals surface area contributed by atoms with E-state index >= 15 is 0 Å². The van der Waals surface area contributed by atoms with Gasteiger partial charge in [-0.25, -0.2) is 0 Å². The molecule has 1 N–H and O–H groups in total. The molecule has 0 unspecified atom stereocenters. The second kappa shape index (κ2) is 3.46. The van der Waals surface area contributed by atoms with E-state index in [1.807, 2.05) is 0 Å². The average molecular weight is 169 g/mol. The highest BCUT2D eigenvalue weighted by Crippen LogP contribution is 2.28. The molecule has 0 radical (unpaired) electrons. The minimum absolute atomic E-state index is 0.263. The van der Waals surface area contributed by atoms with Crippen LogP contribution in [0.25, 0.3) is 0 Å². The summed E-state index contributed by atoms with van der Waals surface area (Å²) in [4.78, 5) is 11.2. The Kier molecular flexibility index (Phi) is 2.76. The maximum absolute atomic E-state index is 11.2. The van der Waals surface area contributed by atoms with E-state index in [0.29, 0.717) is 11.3 Å². The van der Waals surface area contributed by atoms with E-state index in [1.54, 1.807) is 0 Å². The fourth-order valence-electron chi connectivity index (χ4n) is 1.05. The van der Waals surface area contributed by atoms with Crippen molar-refractivity contribution >= 4 is 5.91 Å². The van der Waals surface area contributed by atoms with Gasteiger partial charge in [0, 0.05) is 12.5 Å². The van der Waals surface area contributed by atoms with E-state index in [2.05, 4.69) is 26.1 Å². The molecule has 0 saturated heterocycles. The summed E-state index contributed by atoms with van der Waals surface area (Å²) < 4.78 is 0. The zero-order chi connectivity index (χ0) is 9.19. The number of hydrogen-bond donors (Lipinski definition) is 1. The van der Waals surface area contributed by atoms with Gasteiger partial charge in [-0.1, -0.05) is 20.8 Å². The van der Waals surface area contributed by atoms with Crippen molar-refractivity contribution < 1.29 is 4.79 Å². The Bertz CT molecular complexity index is 165. The molecule has 0 aliphatic heterocycles. The summed E-state index contributed by atoms with van der Waals surface area (Å²) in [5.74, 6) is 0.615. The Morgan fingerprint density at radius 1 is 1.42 bits per heavy atom. The lowest BCUT2D eigenvalue weighted by Crippen LogP contribution is -2.28. The molecule has 1 aliphatic carbocycles. The predicted molar refractivity (Wildman–Crippen MR) is 49.8 cm³/mol. The van der Waals surface area contributed by atoms with Crippen LogP contribution < -0.4 is 5.32 Å². The zero-order valence-corrected chi connectivity index (χ0v) is 8.31. The maximum atomic E-state index is 11.2. The number of carbonyl (C=O) groups excluding carboxylic acids is 1. The molecule has 70 valence electrons. The van der Waals surface area contributed by atoms with Crippen LogP contribution in [0.3, 0.4) is 0 Å². The lowest BCUT2D eigenvalue weighted by Gasteiger charge is -2.17. The molecule has 1 saturated carbocycles. The Hall–Kier alpha value is -0.530. The lowest BCUT2D eigenvalue weighted by molar-refractivity contribution is -0.122. The summed E-state index contributed by atoms with van der Waals surface area (Å²) in [6, 6.07) is 0. The van der Waals surface area contributed by atoms with Crippen LogP contribution in [-0.4, -0.2) is 12.5 Å². The van der Waals surface area contributed by atoms with Crippen molar-refractivity contribution in [3.8, 4) is 0 Å². The average Bonchev–Trinajstić information content (AvgIpc) is 2.64. The quantitative estimate of drug-likeness (QED) is 0.687. The van der Waals surface area contributed by atoms with Crippen LogP contribution in [0.15, 0.2) is 0 Å². The summed E-state index contributed by atoms with van der Waals surface area (Å²) in [6.07, 6.45) is 3.26. The number of carbonyl (C=O) groups is 1. The molecule has 2 heteroatoms. The molecule has 1 rings (SSSR count). The standard InChI is InChI=1S/C10H19NO/c1-10(2,3)6-7-11-9(12)8-4-5-8/h8H,4-7H2,1-3H3,(H,11,12). The molecule has 0 aromatic heterocycles.